The summed E-state index contributed by atoms with van der Waals surface area (Å²) < 4.78 is 3.22. The van der Waals surface area contributed by atoms with Gasteiger partial charge in [0.1, 0.15) is 0 Å². The van der Waals surface area contributed by atoms with E-state index in [1.54, 1.807) is 0 Å². The van der Waals surface area contributed by atoms with Crippen LogP contribution in [0.2, 0.25) is 0 Å². The van der Waals surface area contributed by atoms with Crippen LogP contribution in [-0.4, -0.2) is 39.4 Å². The van der Waals surface area contributed by atoms with Crippen molar-refractivity contribution >= 4 is 15.9 Å². The number of nitrogens with zero attached hydrogens (tertiary/aromatic N) is 3. The summed E-state index contributed by atoms with van der Waals surface area (Å²) in [6.07, 6.45) is 6.65. The molecular weight excluding hydrogens is 328 g/mol. The smallest absolute Gasteiger partial charge is 0.0739 e. The normalized spacial score (nSPS) is 25.8. The maximum absolute atomic E-state index is 4.54. The number of piperazine rings is 1. The first kappa shape index (κ1) is 15.5. The molecule has 2 aliphatic rings. The van der Waals surface area contributed by atoms with Gasteiger partial charge >= 0.3 is 0 Å². The molecule has 1 spiro atoms. The first-order valence-corrected chi connectivity index (χ1v) is 9.01. The Bertz CT molecular complexity index is 505. The highest BCUT2D eigenvalue weighted by molar-refractivity contribution is 9.10. The molecule has 0 bridgehead atoms. The zero-order valence-corrected chi connectivity index (χ0v) is 15.0. The van der Waals surface area contributed by atoms with Crippen LogP contribution in [0, 0.1) is 6.92 Å². The average molecular weight is 355 g/mol. The molecule has 5 heteroatoms. The van der Waals surface area contributed by atoms with Crippen LogP contribution in [0.3, 0.4) is 0 Å². The van der Waals surface area contributed by atoms with Gasteiger partial charge in [-0.15, -0.1) is 0 Å². The zero-order valence-electron chi connectivity index (χ0n) is 13.5. The van der Waals surface area contributed by atoms with Crippen LogP contribution in [0.15, 0.2) is 4.47 Å². The number of rotatable bonds is 3. The van der Waals surface area contributed by atoms with Gasteiger partial charge in [0.2, 0.25) is 0 Å². The SMILES string of the molecule is CCC1CNC2(CCCC2)CN1Cc1c(Br)c(C)nn1C. The molecule has 2 fully saturated rings. The molecule has 1 aromatic rings. The third-order valence-electron chi connectivity index (χ3n) is 5.38. The molecule has 1 aliphatic heterocycles. The molecule has 4 nitrogen and oxygen atoms in total. The van der Waals surface area contributed by atoms with Crippen LogP contribution < -0.4 is 5.32 Å². The third-order valence-corrected chi connectivity index (χ3v) is 6.41. The Labute approximate surface area is 136 Å². The molecule has 1 saturated heterocycles. The van der Waals surface area contributed by atoms with Crippen molar-refractivity contribution in [1.82, 2.24) is 20.0 Å². The number of hydrogen-bond acceptors (Lipinski definition) is 3. The summed E-state index contributed by atoms with van der Waals surface area (Å²) in [7, 11) is 2.06. The maximum atomic E-state index is 4.54. The fourth-order valence-electron chi connectivity index (χ4n) is 4.06. The molecule has 118 valence electrons. The molecular formula is C16H27BrN4. The van der Waals surface area contributed by atoms with Crippen molar-refractivity contribution < 1.29 is 0 Å². The molecule has 1 atom stereocenters. The van der Waals surface area contributed by atoms with Crippen molar-refractivity contribution in [2.24, 2.45) is 7.05 Å². The van der Waals surface area contributed by atoms with Crippen LogP contribution in [0.1, 0.15) is 50.4 Å². The standard InChI is InChI=1S/C16H27BrN4/c1-4-13-9-18-16(7-5-6-8-16)11-21(13)10-14-15(17)12(2)19-20(14)3/h13,18H,4-11H2,1-3H3. The van der Waals surface area contributed by atoms with Gasteiger partial charge in [-0.1, -0.05) is 19.8 Å². The molecule has 0 aromatic carbocycles. The lowest BCUT2D eigenvalue weighted by Crippen LogP contribution is -2.62. The molecule has 0 radical (unpaired) electrons. The lowest BCUT2D eigenvalue weighted by molar-refractivity contribution is 0.0696. The monoisotopic (exact) mass is 354 g/mol. The van der Waals surface area contributed by atoms with Gasteiger partial charge in [-0.05, 0) is 42.1 Å². The van der Waals surface area contributed by atoms with E-state index in [4.69, 9.17) is 0 Å². The molecule has 1 aliphatic carbocycles. The van der Waals surface area contributed by atoms with Gasteiger partial charge < -0.3 is 5.32 Å². The Hall–Kier alpha value is -0.390. The van der Waals surface area contributed by atoms with E-state index in [9.17, 15) is 0 Å². The topological polar surface area (TPSA) is 33.1 Å². The fraction of sp³-hybridized carbons (Fsp3) is 0.812. The second-order valence-corrected chi connectivity index (χ2v) is 7.60. The Morgan fingerprint density at radius 2 is 2.10 bits per heavy atom. The summed E-state index contributed by atoms with van der Waals surface area (Å²) in [5.74, 6) is 0. The van der Waals surface area contributed by atoms with E-state index in [1.807, 2.05) is 4.68 Å². The van der Waals surface area contributed by atoms with Crippen LogP contribution in [-0.2, 0) is 13.6 Å². The van der Waals surface area contributed by atoms with E-state index >= 15 is 0 Å². The minimum Gasteiger partial charge on any atom is -0.308 e. The van der Waals surface area contributed by atoms with E-state index in [2.05, 4.69) is 52.1 Å². The van der Waals surface area contributed by atoms with Gasteiger partial charge in [0.05, 0.1) is 15.9 Å². The number of halogens is 1. The minimum absolute atomic E-state index is 0.381. The highest BCUT2D eigenvalue weighted by Crippen LogP contribution is 2.34. The Kier molecular flexibility index (Phi) is 4.44. The Morgan fingerprint density at radius 3 is 2.67 bits per heavy atom. The molecule has 1 unspecified atom stereocenters. The predicted molar refractivity (Wildman–Crippen MR) is 89.3 cm³/mol. The van der Waals surface area contributed by atoms with Crippen molar-refractivity contribution in [2.75, 3.05) is 13.1 Å². The van der Waals surface area contributed by atoms with Gasteiger partial charge in [0, 0.05) is 38.3 Å². The lowest BCUT2D eigenvalue weighted by atomic mass is 9.91. The summed E-state index contributed by atoms with van der Waals surface area (Å²) in [4.78, 5) is 2.68. The van der Waals surface area contributed by atoms with Crippen molar-refractivity contribution in [3.8, 4) is 0 Å². The maximum Gasteiger partial charge on any atom is 0.0739 e. The van der Waals surface area contributed by atoms with Gasteiger partial charge in [0.25, 0.3) is 0 Å². The first-order valence-electron chi connectivity index (χ1n) is 8.22. The van der Waals surface area contributed by atoms with Gasteiger partial charge in [-0.25, -0.2) is 0 Å². The largest absolute Gasteiger partial charge is 0.308 e. The average Bonchev–Trinajstić information content (AvgIpc) is 3.00. The molecule has 0 amide bonds. The molecule has 1 N–H and O–H groups in total. The Balaban J connectivity index is 1.80. The van der Waals surface area contributed by atoms with Crippen LogP contribution >= 0.6 is 15.9 Å². The summed E-state index contributed by atoms with van der Waals surface area (Å²) in [6, 6.07) is 0.637. The van der Waals surface area contributed by atoms with Gasteiger partial charge in [0.15, 0.2) is 0 Å². The third kappa shape index (κ3) is 2.92. The number of hydrogen-bond donors (Lipinski definition) is 1. The van der Waals surface area contributed by atoms with E-state index < -0.39 is 0 Å². The summed E-state index contributed by atoms with van der Waals surface area (Å²) in [6.45, 7) is 7.68. The van der Waals surface area contributed by atoms with Crippen molar-refractivity contribution in [3.63, 3.8) is 0 Å². The van der Waals surface area contributed by atoms with E-state index in [0.29, 0.717) is 11.6 Å². The van der Waals surface area contributed by atoms with Crippen molar-refractivity contribution in [2.45, 2.75) is 64.1 Å². The highest BCUT2D eigenvalue weighted by atomic mass is 79.9. The van der Waals surface area contributed by atoms with Crippen LogP contribution in [0.4, 0.5) is 0 Å². The summed E-state index contributed by atoms with van der Waals surface area (Å²) in [5, 5.41) is 8.41. The fourth-order valence-corrected chi connectivity index (χ4v) is 4.52. The van der Waals surface area contributed by atoms with Gasteiger partial charge in [-0.2, -0.15) is 5.10 Å². The number of aryl methyl sites for hydroxylation is 2. The predicted octanol–water partition coefficient (Wildman–Crippen LogP) is 2.99. The number of nitrogens with one attached hydrogen (secondary N) is 1. The van der Waals surface area contributed by atoms with Crippen LogP contribution in [0.5, 0.6) is 0 Å². The van der Waals surface area contributed by atoms with E-state index in [-0.39, 0.29) is 0 Å². The second-order valence-electron chi connectivity index (χ2n) is 6.81. The highest BCUT2D eigenvalue weighted by Gasteiger charge is 2.40. The van der Waals surface area contributed by atoms with Crippen molar-refractivity contribution in [1.29, 1.82) is 0 Å². The summed E-state index contributed by atoms with van der Waals surface area (Å²) in [5.41, 5.74) is 2.78. The minimum atomic E-state index is 0.381. The molecule has 2 heterocycles. The van der Waals surface area contributed by atoms with Crippen molar-refractivity contribution in [3.05, 3.63) is 15.9 Å². The molecule has 1 aromatic heterocycles. The lowest BCUT2D eigenvalue weighted by Gasteiger charge is -2.46. The van der Waals surface area contributed by atoms with E-state index in [1.165, 1.54) is 48.8 Å². The molecule has 1 saturated carbocycles. The number of aromatic nitrogens is 2. The van der Waals surface area contributed by atoms with E-state index in [0.717, 1.165) is 18.8 Å². The quantitative estimate of drug-likeness (QED) is 0.905. The van der Waals surface area contributed by atoms with Crippen LogP contribution in [0.25, 0.3) is 0 Å². The first-order chi connectivity index (χ1) is 10.0. The summed E-state index contributed by atoms with van der Waals surface area (Å²) >= 11 is 3.72. The molecule has 21 heavy (non-hydrogen) atoms. The second kappa shape index (κ2) is 6.01. The zero-order chi connectivity index (χ0) is 15.0. The van der Waals surface area contributed by atoms with Gasteiger partial charge in [-0.3, -0.25) is 9.58 Å². The molecule has 3 rings (SSSR count). The Morgan fingerprint density at radius 1 is 1.38 bits per heavy atom.